The summed E-state index contributed by atoms with van der Waals surface area (Å²) in [5, 5.41) is 4.47. The Bertz CT molecular complexity index is 852. The fourth-order valence-corrected chi connectivity index (χ4v) is 5.13. The fraction of sp³-hybridized carbons (Fsp3) is 0.400. The number of nitrogens with one attached hydrogen (secondary N) is 1. The molecule has 0 unspecified atom stereocenters. The predicted molar refractivity (Wildman–Crippen MR) is 90.2 cm³/mol. The van der Waals surface area contributed by atoms with Gasteiger partial charge in [-0.15, -0.1) is 0 Å². The SMILES string of the molecule is Cc1nc(SCC(=O)N[C@@H]2CCS(=O)(=O)C2)c2ccccc2n1. The summed E-state index contributed by atoms with van der Waals surface area (Å²) >= 11 is 1.34. The summed E-state index contributed by atoms with van der Waals surface area (Å²) in [5.74, 6) is 0.891. The second-order valence-electron chi connectivity index (χ2n) is 5.55. The molecule has 1 aromatic heterocycles. The van der Waals surface area contributed by atoms with Gasteiger partial charge < -0.3 is 5.32 Å². The van der Waals surface area contributed by atoms with E-state index < -0.39 is 9.84 Å². The Balaban J connectivity index is 1.65. The number of aryl methyl sites for hydroxylation is 1. The van der Waals surface area contributed by atoms with E-state index in [1.165, 1.54) is 11.8 Å². The van der Waals surface area contributed by atoms with E-state index in [0.29, 0.717) is 12.2 Å². The normalized spacial score (nSPS) is 19.8. The maximum Gasteiger partial charge on any atom is 0.230 e. The number of benzene rings is 1. The van der Waals surface area contributed by atoms with Crippen LogP contribution in [0.3, 0.4) is 0 Å². The summed E-state index contributed by atoms with van der Waals surface area (Å²) < 4.78 is 22.8. The number of rotatable bonds is 4. The molecule has 6 nitrogen and oxygen atoms in total. The molecule has 1 atom stereocenters. The van der Waals surface area contributed by atoms with Crippen molar-refractivity contribution in [3.05, 3.63) is 30.1 Å². The summed E-state index contributed by atoms with van der Waals surface area (Å²) in [4.78, 5) is 20.8. The number of nitrogens with zero attached hydrogens (tertiary/aromatic N) is 2. The number of hydrogen-bond acceptors (Lipinski definition) is 6. The highest BCUT2D eigenvalue weighted by Gasteiger charge is 2.28. The van der Waals surface area contributed by atoms with Gasteiger partial charge in [0, 0.05) is 11.4 Å². The number of aromatic nitrogens is 2. The Morgan fingerprint density at radius 3 is 2.87 bits per heavy atom. The maximum atomic E-state index is 12.0. The van der Waals surface area contributed by atoms with Gasteiger partial charge in [-0.2, -0.15) is 0 Å². The van der Waals surface area contributed by atoms with Gasteiger partial charge in [-0.1, -0.05) is 30.0 Å². The Morgan fingerprint density at radius 2 is 2.13 bits per heavy atom. The van der Waals surface area contributed by atoms with Gasteiger partial charge in [0.15, 0.2) is 9.84 Å². The highest BCUT2D eigenvalue weighted by atomic mass is 32.2. The van der Waals surface area contributed by atoms with E-state index >= 15 is 0 Å². The number of carbonyl (C=O) groups excluding carboxylic acids is 1. The van der Waals surface area contributed by atoms with Crippen LogP contribution in [0.1, 0.15) is 12.2 Å². The van der Waals surface area contributed by atoms with Gasteiger partial charge in [-0.25, -0.2) is 18.4 Å². The lowest BCUT2D eigenvalue weighted by Gasteiger charge is -2.11. The molecule has 0 aliphatic carbocycles. The Labute approximate surface area is 139 Å². The zero-order valence-corrected chi connectivity index (χ0v) is 14.3. The molecule has 0 radical (unpaired) electrons. The van der Waals surface area contributed by atoms with Crippen LogP contribution in [0.25, 0.3) is 10.9 Å². The van der Waals surface area contributed by atoms with Crippen molar-refractivity contribution in [2.45, 2.75) is 24.4 Å². The summed E-state index contributed by atoms with van der Waals surface area (Å²) in [7, 11) is -2.98. The Hall–Kier alpha value is -1.67. The van der Waals surface area contributed by atoms with Crippen LogP contribution in [0.5, 0.6) is 0 Å². The summed E-state index contributed by atoms with van der Waals surface area (Å²) in [6, 6.07) is 7.40. The molecule has 1 amide bonds. The molecule has 1 aromatic carbocycles. The van der Waals surface area contributed by atoms with Crippen molar-refractivity contribution in [1.29, 1.82) is 0 Å². The number of sulfone groups is 1. The second-order valence-corrected chi connectivity index (χ2v) is 8.74. The molecule has 1 saturated heterocycles. The van der Waals surface area contributed by atoms with E-state index in [1.54, 1.807) is 0 Å². The van der Waals surface area contributed by atoms with Crippen molar-refractivity contribution < 1.29 is 13.2 Å². The number of thioether (sulfide) groups is 1. The first kappa shape index (κ1) is 16.2. The molecule has 1 aliphatic rings. The van der Waals surface area contributed by atoms with Gasteiger partial charge in [-0.05, 0) is 19.4 Å². The standard InChI is InChI=1S/C15H17N3O3S2/c1-10-16-13-5-3-2-4-12(13)15(17-10)22-8-14(19)18-11-6-7-23(20,21)9-11/h2-5,11H,6-9H2,1H3,(H,18,19)/t11-/m1/s1. The smallest absolute Gasteiger partial charge is 0.230 e. The van der Waals surface area contributed by atoms with E-state index in [0.717, 1.165) is 15.9 Å². The van der Waals surface area contributed by atoms with E-state index in [-0.39, 0.29) is 29.2 Å². The third kappa shape index (κ3) is 4.00. The fourth-order valence-electron chi connectivity index (χ4n) is 2.58. The monoisotopic (exact) mass is 351 g/mol. The molecule has 2 aromatic rings. The highest BCUT2D eigenvalue weighted by molar-refractivity contribution is 8.00. The van der Waals surface area contributed by atoms with Crippen LogP contribution in [0.4, 0.5) is 0 Å². The zero-order chi connectivity index (χ0) is 16.4. The molecule has 1 aliphatic heterocycles. The predicted octanol–water partition coefficient (Wildman–Crippen LogP) is 1.33. The molecule has 0 spiro atoms. The molecule has 23 heavy (non-hydrogen) atoms. The lowest BCUT2D eigenvalue weighted by molar-refractivity contribution is -0.119. The van der Waals surface area contributed by atoms with Crippen LogP contribution in [0, 0.1) is 6.92 Å². The third-order valence-corrected chi connectivity index (χ3v) is 6.38. The lowest BCUT2D eigenvalue weighted by atomic mass is 10.2. The molecule has 122 valence electrons. The number of amides is 1. The average molecular weight is 351 g/mol. The van der Waals surface area contributed by atoms with E-state index in [9.17, 15) is 13.2 Å². The zero-order valence-electron chi connectivity index (χ0n) is 12.7. The van der Waals surface area contributed by atoms with Crippen molar-refractivity contribution in [2.75, 3.05) is 17.3 Å². The Morgan fingerprint density at radius 1 is 1.35 bits per heavy atom. The van der Waals surface area contributed by atoms with Crippen molar-refractivity contribution >= 4 is 38.4 Å². The van der Waals surface area contributed by atoms with Crippen LogP contribution in [0.15, 0.2) is 29.3 Å². The first-order valence-electron chi connectivity index (χ1n) is 7.29. The summed E-state index contributed by atoms with van der Waals surface area (Å²) in [6.45, 7) is 1.82. The maximum absolute atomic E-state index is 12.0. The number of hydrogen-bond donors (Lipinski definition) is 1. The minimum Gasteiger partial charge on any atom is -0.352 e. The van der Waals surface area contributed by atoms with E-state index in [4.69, 9.17) is 0 Å². The molecule has 0 saturated carbocycles. The largest absolute Gasteiger partial charge is 0.352 e. The summed E-state index contributed by atoms with van der Waals surface area (Å²) in [6.07, 6.45) is 0.494. The van der Waals surface area contributed by atoms with Gasteiger partial charge in [0.05, 0.1) is 22.8 Å². The van der Waals surface area contributed by atoms with Gasteiger partial charge in [-0.3, -0.25) is 4.79 Å². The van der Waals surface area contributed by atoms with Crippen molar-refractivity contribution in [3.63, 3.8) is 0 Å². The van der Waals surface area contributed by atoms with Gasteiger partial charge in [0.1, 0.15) is 10.9 Å². The molecular weight excluding hydrogens is 334 g/mol. The highest BCUT2D eigenvalue weighted by Crippen LogP contribution is 2.25. The molecule has 3 rings (SSSR count). The number of carbonyl (C=O) groups is 1. The first-order valence-corrected chi connectivity index (χ1v) is 10.1. The summed E-state index contributed by atoms with van der Waals surface area (Å²) in [5.41, 5.74) is 0.852. The molecule has 1 fully saturated rings. The topological polar surface area (TPSA) is 89.0 Å². The Kier molecular flexibility index (Phi) is 4.54. The van der Waals surface area contributed by atoms with Gasteiger partial charge >= 0.3 is 0 Å². The minimum absolute atomic E-state index is 0.0406. The quantitative estimate of drug-likeness (QED) is 0.660. The van der Waals surface area contributed by atoms with Crippen LogP contribution in [-0.4, -0.2) is 47.6 Å². The van der Waals surface area contributed by atoms with Gasteiger partial charge in [0.2, 0.25) is 5.91 Å². The molecular formula is C15H17N3O3S2. The first-order chi connectivity index (χ1) is 10.9. The molecule has 1 N–H and O–H groups in total. The average Bonchev–Trinajstić information content (AvgIpc) is 2.83. The third-order valence-electron chi connectivity index (χ3n) is 3.62. The van der Waals surface area contributed by atoms with Gasteiger partial charge in [0.25, 0.3) is 0 Å². The number of para-hydroxylation sites is 1. The van der Waals surface area contributed by atoms with Crippen LogP contribution >= 0.6 is 11.8 Å². The minimum atomic E-state index is -2.98. The van der Waals surface area contributed by atoms with Crippen LogP contribution in [-0.2, 0) is 14.6 Å². The second kappa shape index (κ2) is 6.45. The lowest BCUT2D eigenvalue weighted by Crippen LogP contribution is -2.36. The van der Waals surface area contributed by atoms with E-state index in [1.807, 2.05) is 31.2 Å². The molecule has 2 heterocycles. The van der Waals surface area contributed by atoms with Crippen molar-refractivity contribution in [3.8, 4) is 0 Å². The molecule has 0 bridgehead atoms. The number of fused-ring (bicyclic) bond motifs is 1. The van der Waals surface area contributed by atoms with Crippen LogP contribution < -0.4 is 5.32 Å². The van der Waals surface area contributed by atoms with Crippen LogP contribution in [0.2, 0.25) is 0 Å². The van der Waals surface area contributed by atoms with Crippen molar-refractivity contribution in [1.82, 2.24) is 15.3 Å². The van der Waals surface area contributed by atoms with Crippen molar-refractivity contribution in [2.24, 2.45) is 0 Å². The molecule has 8 heteroatoms. The van der Waals surface area contributed by atoms with E-state index in [2.05, 4.69) is 15.3 Å².